The molecule has 0 saturated heterocycles. The molecule has 5 aliphatic carbocycles. The van der Waals surface area contributed by atoms with Gasteiger partial charge in [0.05, 0.1) is 18.3 Å². The predicted octanol–water partition coefficient (Wildman–Crippen LogP) is 5.08. The fraction of sp³-hybridized carbons (Fsp3) is 0.808. The van der Waals surface area contributed by atoms with Gasteiger partial charge in [-0.15, -0.1) is 0 Å². The number of hydrogen-bond donors (Lipinski definition) is 0. The third-order valence-electron chi connectivity index (χ3n) is 10.4. The molecule has 1 aromatic rings. The number of fused-ring (bicyclic) bond motifs is 7. The van der Waals surface area contributed by atoms with E-state index in [-0.39, 0.29) is 11.3 Å². The van der Waals surface area contributed by atoms with Crippen LogP contribution in [-0.4, -0.2) is 15.6 Å². The molecule has 2 unspecified atom stereocenters. The van der Waals surface area contributed by atoms with E-state index in [1.165, 1.54) is 51.4 Å². The Labute approximate surface area is 180 Å². The van der Waals surface area contributed by atoms with Gasteiger partial charge in [-0.25, -0.2) is 0 Å². The van der Waals surface area contributed by atoms with Crippen molar-refractivity contribution in [3.63, 3.8) is 0 Å². The summed E-state index contributed by atoms with van der Waals surface area (Å²) >= 11 is 0. The molecule has 4 nitrogen and oxygen atoms in total. The van der Waals surface area contributed by atoms with Crippen molar-refractivity contribution in [3.05, 3.63) is 18.0 Å². The topological polar surface area (TPSA) is 58.7 Å². The van der Waals surface area contributed by atoms with E-state index in [4.69, 9.17) is 5.26 Å². The lowest BCUT2D eigenvalue weighted by Crippen LogP contribution is -2.51. The highest BCUT2D eigenvalue weighted by Gasteiger charge is 2.70. The number of hydrogen-bond acceptors (Lipinski definition) is 3. The summed E-state index contributed by atoms with van der Waals surface area (Å²) in [6.07, 6.45) is 14.4. The second kappa shape index (κ2) is 6.68. The fourth-order valence-electron chi connectivity index (χ4n) is 9.43. The highest BCUT2D eigenvalue weighted by molar-refractivity contribution is 5.83. The van der Waals surface area contributed by atoms with Crippen molar-refractivity contribution in [1.82, 2.24) is 9.78 Å². The van der Waals surface area contributed by atoms with Crippen LogP contribution in [-0.2, 0) is 11.3 Å². The van der Waals surface area contributed by atoms with Crippen LogP contribution in [0.25, 0.3) is 0 Å². The Hall–Kier alpha value is -1.63. The van der Waals surface area contributed by atoms with E-state index < -0.39 is 0 Å². The number of aromatic nitrogens is 2. The van der Waals surface area contributed by atoms with Crippen LogP contribution < -0.4 is 0 Å². The maximum Gasteiger partial charge on any atom is 0.158 e. The van der Waals surface area contributed by atoms with E-state index in [0.717, 1.165) is 41.4 Å². The van der Waals surface area contributed by atoms with Crippen molar-refractivity contribution < 1.29 is 4.79 Å². The molecule has 0 aromatic carbocycles. The lowest BCUT2D eigenvalue weighted by Gasteiger charge is -2.57. The maximum absolute atomic E-state index is 13.5. The molecule has 10 atom stereocenters. The molecule has 0 radical (unpaired) electrons. The van der Waals surface area contributed by atoms with Gasteiger partial charge in [-0.05, 0) is 97.7 Å². The van der Waals surface area contributed by atoms with Crippen LogP contribution in [0.5, 0.6) is 0 Å². The first-order valence-corrected chi connectivity index (χ1v) is 12.4. The minimum atomic E-state index is 0.200. The molecule has 160 valence electrons. The average molecular weight is 406 g/mol. The van der Waals surface area contributed by atoms with Crippen molar-refractivity contribution in [2.45, 2.75) is 71.8 Å². The Morgan fingerprint density at radius 3 is 2.77 bits per heavy atom. The summed E-state index contributed by atoms with van der Waals surface area (Å²) in [4.78, 5) is 13.5. The van der Waals surface area contributed by atoms with Crippen LogP contribution in [0.15, 0.2) is 12.4 Å². The molecule has 4 heteroatoms. The van der Waals surface area contributed by atoms with Gasteiger partial charge in [0.15, 0.2) is 5.78 Å². The van der Waals surface area contributed by atoms with Crippen LogP contribution in [0.4, 0.5) is 0 Å². The summed E-state index contributed by atoms with van der Waals surface area (Å²) in [5.41, 5.74) is 0.743. The molecule has 5 saturated carbocycles. The molecule has 0 N–H and O–H groups in total. The average Bonchev–Trinajstić information content (AvgIpc) is 3.24. The largest absolute Gasteiger partial charge is 0.297 e. The lowest BCUT2D eigenvalue weighted by atomic mass is 9.48. The quantitative estimate of drug-likeness (QED) is 0.704. The first-order chi connectivity index (χ1) is 14.5. The van der Waals surface area contributed by atoms with Crippen LogP contribution in [0.2, 0.25) is 0 Å². The lowest BCUT2D eigenvalue weighted by molar-refractivity contribution is -0.134. The summed E-state index contributed by atoms with van der Waals surface area (Å²) in [6.45, 7) is 5.28. The highest BCUT2D eigenvalue weighted by Crippen LogP contribution is 2.74. The maximum atomic E-state index is 13.5. The normalized spacial score (nSPS) is 48.6. The predicted molar refractivity (Wildman–Crippen MR) is 114 cm³/mol. The fourth-order valence-corrected chi connectivity index (χ4v) is 9.43. The molecular weight excluding hydrogens is 370 g/mol. The number of Topliss-reactive ketones (excluding diaryl/α,β-unsaturated/α-hetero) is 1. The van der Waals surface area contributed by atoms with Crippen LogP contribution >= 0.6 is 0 Å². The van der Waals surface area contributed by atoms with Crippen molar-refractivity contribution in [2.24, 2.45) is 58.7 Å². The molecule has 1 heterocycles. The summed E-state index contributed by atoms with van der Waals surface area (Å²) in [7, 11) is 0. The summed E-state index contributed by atoms with van der Waals surface area (Å²) in [5, 5.41) is 13.3. The molecule has 0 bridgehead atoms. The summed E-state index contributed by atoms with van der Waals surface area (Å²) < 4.78 is 1.69. The van der Waals surface area contributed by atoms with Gasteiger partial charge in [-0.2, -0.15) is 10.4 Å². The number of carbonyl (C=O) groups is 1. The van der Waals surface area contributed by atoms with Gasteiger partial charge in [0.1, 0.15) is 6.07 Å². The first-order valence-electron chi connectivity index (χ1n) is 12.4. The van der Waals surface area contributed by atoms with Crippen LogP contribution in [0.3, 0.4) is 0 Å². The van der Waals surface area contributed by atoms with E-state index in [0.29, 0.717) is 23.8 Å². The summed E-state index contributed by atoms with van der Waals surface area (Å²) in [6, 6.07) is 2.12. The minimum absolute atomic E-state index is 0.200. The minimum Gasteiger partial charge on any atom is -0.297 e. The van der Waals surface area contributed by atoms with Gasteiger partial charge in [0, 0.05) is 12.1 Å². The van der Waals surface area contributed by atoms with E-state index >= 15 is 0 Å². The SMILES string of the molecule is C[C@H]1CC[C@@H]2C3CC[C@@]4(C)C([C@@H]3CC[C@@H]2C1)[C@@H]1C[C@@H]1[C@@H]4C(=O)Cn1cc(C#N)cn1. The standard InChI is InChI=1S/C26H35N3O/c1-15-3-5-18-17(9-15)4-6-20-19(18)7-8-26(2)24(20)21-10-22(21)25(26)23(30)14-29-13-16(11-27)12-28-29/h12-13,15,17-22,24-25H,3-10,14H2,1-2H3/t15-,17+,18-,19?,20+,21+,22-,24?,25+,26-/m0/s1. The van der Waals surface area contributed by atoms with Gasteiger partial charge >= 0.3 is 0 Å². The Morgan fingerprint density at radius 2 is 1.97 bits per heavy atom. The molecule has 0 spiro atoms. The third-order valence-corrected chi connectivity index (χ3v) is 10.4. The van der Waals surface area contributed by atoms with Gasteiger partial charge in [0.25, 0.3) is 0 Å². The molecule has 5 fully saturated rings. The zero-order valence-electron chi connectivity index (χ0n) is 18.5. The Balaban J connectivity index is 1.23. The number of nitrogens with zero attached hydrogens (tertiary/aromatic N) is 3. The molecule has 0 aliphatic heterocycles. The number of nitriles is 1. The van der Waals surface area contributed by atoms with Crippen molar-refractivity contribution in [3.8, 4) is 6.07 Å². The highest BCUT2D eigenvalue weighted by atomic mass is 16.1. The third kappa shape index (κ3) is 2.69. The van der Waals surface area contributed by atoms with E-state index in [2.05, 4.69) is 25.0 Å². The molecule has 30 heavy (non-hydrogen) atoms. The van der Waals surface area contributed by atoms with Gasteiger partial charge in [-0.3, -0.25) is 9.48 Å². The van der Waals surface area contributed by atoms with Crippen molar-refractivity contribution in [1.29, 1.82) is 5.26 Å². The van der Waals surface area contributed by atoms with Gasteiger partial charge in [-0.1, -0.05) is 20.3 Å². The van der Waals surface area contributed by atoms with Gasteiger partial charge in [0.2, 0.25) is 0 Å². The van der Waals surface area contributed by atoms with Crippen molar-refractivity contribution in [2.75, 3.05) is 0 Å². The van der Waals surface area contributed by atoms with E-state index in [1.807, 2.05) is 0 Å². The zero-order chi connectivity index (χ0) is 20.6. The molecular formula is C26H35N3O. The Morgan fingerprint density at radius 1 is 1.13 bits per heavy atom. The second-order valence-corrected chi connectivity index (χ2v) is 11.9. The summed E-state index contributed by atoms with van der Waals surface area (Å²) in [5.74, 6) is 7.52. The molecule has 6 rings (SSSR count). The Bertz CT molecular complexity index is 898. The zero-order valence-corrected chi connectivity index (χ0v) is 18.5. The molecule has 1 aromatic heterocycles. The molecule has 0 amide bonds. The van der Waals surface area contributed by atoms with Gasteiger partial charge < -0.3 is 0 Å². The van der Waals surface area contributed by atoms with E-state index in [9.17, 15) is 4.79 Å². The number of ketones is 1. The number of carbonyl (C=O) groups excluding carboxylic acids is 1. The Kier molecular flexibility index (Phi) is 4.25. The monoisotopic (exact) mass is 405 g/mol. The van der Waals surface area contributed by atoms with E-state index in [1.54, 1.807) is 17.1 Å². The van der Waals surface area contributed by atoms with Crippen LogP contribution in [0.1, 0.15) is 70.8 Å². The smallest absolute Gasteiger partial charge is 0.158 e. The second-order valence-electron chi connectivity index (χ2n) is 11.9. The van der Waals surface area contributed by atoms with Crippen LogP contribution in [0, 0.1) is 70.0 Å². The van der Waals surface area contributed by atoms with Crippen molar-refractivity contribution >= 4 is 5.78 Å². The number of rotatable bonds is 3. The molecule has 5 aliphatic rings. The first kappa shape index (κ1) is 19.1.